The molecule has 1 aliphatic heterocycles. The van der Waals surface area contributed by atoms with Crippen LogP contribution >= 0.6 is 0 Å². The lowest BCUT2D eigenvalue weighted by atomic mass is 9.95. The molecule has 5 heteroatoms. The number of amides is 1. The van der Waals surface area contributed by atoms with Crippen LogP contribution in [0.25, 0.3) is 0 Å². The Kier molecular flexibility index (Phi) is 4.93. The molecule has 1 aliphatic rings. The molecule has 1 fully saturated rings. The van der Waals surface area contributed by atoms with Gasteiger partial charge < -0.3 is 10.2 Å². The fraction of sp³-hybridized carbons (Fsp3) is 0.667. The summed E-state index contributed by atoms with van der Waals surface area (Å²) in [5.41, 5.74) is 0.369. The molecule has 2 heterocycles. The Hall–Kier alpha value is -1.65. The fourth-order valence-corrected chi connectivity index (χ4v) is 3.04. The maximum absolute atomic E-state index is 11.5. The highest BCUT2D eigenvalue weighted by Gasteiger charge is 2.29. The molecule has 2 rings (SSSR count). The van der Waals surface area contributed by atoms with Crippen molar-refractivity contribution in [3.63, 3.8) is 0 Å². The van der Waals surface area contributed by atoms with Gasteiger partial charge in [-0.2, -0.15) is 0 Å². The van der Waals surface area contributed by atoms with Crippen molar-refractivity contribution in [1.82, 2.24) is 15.5 Å². The van der Waals surface area contributed by atoms with Crippen molar-refractivity contribution in [1.29, 1.82) is 0 Å². The molecule has 5 nitrogen and oxygen atoms in total. The van der Waals surface area contributed by atoms with Gasteiger partial charge in [-0.05, 0) is 37.3 Å². The molecule has 1 N–H and O–H groups in total. The van der Waals surface area contributed by atoms with Crippen LogP contribution in [0.4, 0.5) is 5.82 Å². The van der Waals surface area contributed by atoms with Gasteiger partial charge in [0.05, 0.1) is 0 Å². The molecule has 0 aliphatic carbocycles. The number of nitrogens with one attached hydrogen (secondary N) is 1. The number of aromatic nitrogens is 2. The zero-order valence-electron chi connectivity index (χ0n) is 12.6. The summed E-state index contributed by atoms with van der Waals surface area (Å²) < 4.78 is 0. The third-order valence-electron chi connectivity index (χ3n) is 4.10. The molecule has 2 atom stereocenters. The van der Waals surface area contributed by atoms with Crippen molar-refractivity contribution in [2.24, 2.45) is 5.92 Å². The van der Waals surface area contributed by atoms with Gasteiger partial charge in [-0.1, -0.05) is 20.3 Å². The van der Waals surface area contributed by atoms with Crippen LogP contribution in [0.2, 0.25) is 0 Å². The largest absolute Gasteiger partial charge is 0.354 e. The second kappa shape index (κ2) is 6.68. The molecule has 1 saturated heterocycles. The van der Waals surface area contributed by atoms with Crippen LogP contribution in [-0.4, -0.2) is 35.7 Å². The van der Waals surface area contributed by atoms with E-state index in [1.807, 2.05) is 6.07 Å². The van der Waals surface area contributed by atoms with Crippen LogP contribution in [0.3, 0.4) is 0 Å². The van der Waals surface area contributed by atoms with Gasteiger partial charge in [-0.3, -0.25) is 4.79 Å². The van der Waals surface area contributed by atoms with E-state index in [9.17, 15) is 4.79 Å². The monoisotopic (exact) mass is 276 g/mol. The molecular weight excluding hydrogens is 252 g/mol. The van der Waals surface area contributed by atoms with Crippen LogP contribution in [0, 0.1) is 5.92 Å². The summed E-state index contributed by atoms with van der Waals surface area (Å²) in [4.78, 5) is 13.8. The molecule has 1 aromatic heterocycles. The molecule has 0 aromatic carbocycles. The van der Waals surface area contributed by atoms with E-state index in [4.69, 9.17) is 0 Å². The molecule has 1 aromatic rings. The molecule has 0 saturated carbocycles. The van der Waals surface area contributed by atoms with Crippen LogP contribution in [0.5, 0.6) is 0 Å². The van der Waals surface area contributed by atoms with Crippen LogP contribution < -0.4 is 10.2 Å². The molecule has 0 radical (unpaired) electrons. The lowest BCUT2D eigenvalue weighted by molar-refractivity contribution is 0.0957. The van der Waals surface area contributed by atoms with Gasteiger partial charge in [0.2, 0.25) is 0 Å². The Bertz CT molecular complexity index is 446. The van der Waals surface area contributed by atoms with E-state index in [-0.39, 0.29) is 5.91 Å². The zero-order valence-corrected chi connectivity index (χ0v) is 12.6. The summed E-state index contributed by atoms with van der Waals surface area (Å²) in [6, 6.07) is 4.21. The average molecular weight is 276 g/mol. The van der Waals surface area contributed by atoms with Crippen LogP contribution in [0.1, 0.15) is 50.0 Å². The number of carbonyl (C=O) groups is 1. The smallest absolute Gasteiger partial charge is 0.271 e. The standard InChI is InChI=1S/C15H24N4O/c1-4-6-11(2)13-7-5-10-19(13)14-9-8-12(17-18-14)15(20)16-3/h8-9,11,13H,4-7,10H2,1-3H3,(H,16,20). The number of nitrogens with zero attached hydrogens (tertiary/aromatic N) is 3. The van der Waals surface area contributed by atoms with E-state index in [1.54, 1.807) is 13.1 Å². The van der Waals surface area contributed by atoms with Gasteiger partial charge >= 0.3 is 0 Å². The van der Waals surface area contributed by atoms with Gasteiger partial charge in [0.1, 0.15) is 0 Å². The van der Waals surface area contributed by atoms with Crippen molar-refractivity contribution in [2.45, 2.75) is 45.6 Å². The van der Waals surface area contributed by atoms with E-state index < -0.39 is 0 Å². The summed E-state index contributed by atoms with van der Waals surface area (Å²) in [6.45, 7) is 5.58. The van der Waals surface area contributed by atoms with Crippen molar-refractivity contribution < 1.29 is 4.79 Å². The Labute approximate surface area is 120 Å². The second-order valence-corrected chi connectivity index (χ2v) is 5.52. The SMILES string of the molecule is CCCC(C)C1CCCN1c1ccc(C(=O)NC)nn1. The molecule has 0 spiro atoms. The number of anilines is 1. The van der Waals surface area contributed by atoms with Gasteiger partial charge in [0.25, 0.3) is 5.91 Å². The third kappa shape index (κ3) is 3.08. The summed E-state index contributed by atoms with van der Waals surface area (Å²) in [5, 5.41) is 10.8. The Morgan fingerprint density at radius 2 is 2.30 bits per heavy atom. The van der Waals surface area contributed by atoms with Gasteiger partial charge in [0, 0.05) is 19.6 Å². The maximum atomic E-state index is 11.5. The van der Waals surface area contributed by atoms with E-state index in [0.717, 1.165) is 12.4 Å². The Morgan fingerprint density at radius 3 is 2.90 bits per heavy atom. The van der Waals surface area contributed by atoms with E-state index >= 15 is 0 Å². The molecular formula is C15H24N4O. The van der Waals surface area contributed by atoms with Crippen molar-refractivity contribution >= 4 is 11.7 Å². The van der Waals surface area contributed by atoms with Crippen molar-refractivity contribution in [3.05, 3.63) is 17.8 Å². The van der Waals surface area contributed by atoms with E-state index in [1.165, 1.54) is 25.7 Å². The normalized spacial score (nSPS) is 19.9. The lowest BCUT2D eigenvalue weighted by Crippen LogP contribution is -2.35. The van der Waals surface area contributed by atoms with E-state index in [2.05, 4.69) is 34.3 Å². The second-order valence-electron chi connectivity index (χ2n) is 5.52. The maximum Gasteiger partial charge on any atom is 0.271 e. The van der Waals surface area contributed by atoms with Crippen LogP contribution in [-0.2, 0) is 0 Å². The molecule has 20 heavy (non-hydrogen) atoms. The molecule has 1 amide bonds. The first-order valence-corrected chi connectivity index (χ1v) is 7.49. The summed E-state index contributed by atoms with van der Waals surface area (Å²) in [6.07, 6.45) is 4.88. The molecule has 110 valence electrons. The zero-order chi connectivity index (χ0) is 14.5. The van der Waals surface area contributed by atoms with Crippen molar-refractivity contribution in [2.75, 3.05) is 18.5 Å². The number of rotatable bonds is 5. The first-order valence-electron chi connectivity index (χ1n) is 7.49. The third-order valence-corrected chi connectivity index (χ3v) is 4.10. The fourth-order valence-electron chi connectivity index (χ4n) is 3.04. The molecule has 2 unspecified atom stereocenters. The van der Waals surface area contributed by atoms with E-state index in [0.29, 0.717) is 17.7 Å². The highest BCUT2D eigenvalue weighted by molar-refractivity contribution is 5.91. The highest BCUT2D eigenvalue weighted by Crippen LogP contribution is 2.30. The summed E-state index contributed by atoms with van der Waals surface area (Å²) >= 11 is 0. The van der Waals surface area contributed by atoms with Gasteiger partial charge in [-0.25, -0.2) is 0 Å². The predicted molar refractivity (Wildman–Crippen MR) is 79.9 cm³/mol. The highest BCUT2D eigenvalue weighted by atomic mass is 16.1. The average Bonchev–Trinajstić information content (AvgIpc) is 2.96. The minimum atomic E-state index is -0.193. The minimum Gasteiger partial charge on any atom is -0.354 e. The molecule has 0 bridgehead atoms. The first kappa shape index (κ1) is 14.8. The lowest BCUT2D eigenvalue weighted by Gasteiger charge is -2.30. The van der Waals surface area contributed by atoms with Crippen molar-refractivity contribution in [3.8, 4) is 0 Å². The summed E-state index contributed by atoms with van der Waals surface area (Å²) in [7, 11) is 1.60. The number of hydrogen-bond acceptors (Lipinski definition) is 4. The number of carbonyl (C=O) groups excluding carboxylic acids is 1. The van der Waals surface area contributed by atoms with Gasteiger partial charge in [0.15, 0.2) is 11.5 Å². The summed E-state index contributed by atoms with van der Waals surface area (Å²) in [5.74, 6) is 1.37. The predicted octanol–water partition coefficient (Wildman–Crippen LogP) is 2.24. The minimum absolute atomic E-state index is 0.193. The Morgan fingerprint density at radius 1 is 1.50 bits per heavy atom. The number of hydrogen-bond donors (Lipinski definition) is 1. The first-order chi connectivity index (χ1) is 9.67. The van der Waals surface area contributed by atoms with Crippen LogP contribution in [0.15, 0.2) is 12.1 Å². The Balaban J connectivity index is 2.11. The quantitative estimate of drug-likeness (QED) is 0.896. The van der Waals surface area contributed by atoms with Gasteiger partial charge in [-0.15, -0.1) is 10.2 Å². The topological polar surface area (TPSA) is 58.1 Å².